The molecule has 3 aliphatic heterocycles. The highest BCUT2D eigenvalue weighted by Gasteiger charge is 2.53. The summed E-state index contributed by atoms with van der Waals surface area (Å²) in [5.41, 5.74) is 0.498. The molecule has 6 rings (SSSR count). The molecule has 0 bridgehead atoms. The van der Waals surface area contributed by atoms with Crippen LogP contribution in [0.4, 0.5) is 0 Å². The molecule has 382 valence electrons. The predicted octanol–water partition coefficient (Wildman–Crippen LogP) is 9.00. The molecule has 0 spiro atoms. The maximum atomic E-state index is 12.3. The molecule has 3 aromatic rings. The second-order valence-corrected chi connectivity index (χ2v) is 37.3. The summed E-state index contributed by atoms with van der Waals surface area (Å²) >= 11 is 6.93. The molecule has 0 unspecified atom stereocenters. The van der Waals surface area contributed by atoms with Crippen molar-refractivity contribution in [3.8, 4) is 0 Å². The van der Waals surface area contributed by atoms with Gasteiger partial charge in [0.1, 0.15) is 6.69 Å². The Morgan fingerprint density at radius 3 is 0.897 bits per heavy atom. The van der Waals surface area contributed by atoms with Gasteiger partial charge in [-0.3, -0.25) is 9.13 Å². The summed E-state index contributed by atoms with van der Waals surface area (Å²) in [5.74, 6) is 0. The lowest BCUT2D eigenvalue weighted by Crippen LogP contribution is -2.41. The van der Waals surface area contributed by atoms with Gasteiger partial charge in [-0.1, -0.05) is 72.0 Å². The van der Waals surface area contributed by atoms with Crippen LogP contribution in [-0.2, 0) is 59.7 Å². The first-order chi connectivity index (χ1) is 30.8. The van der Waals surface area contributed by atoms with E-state index in [4.69, 9.17) is 46.8 Å². The van der Waals surface area contributed by atoms with Crippen LogP contribution in [0.2, 0.25) is 19.6 Å². The van der Waals surface area contributed by atoms with Crippen LogP contribution < -0.4 is 27.0 Å². The van der Waals surface area contributed by atoms with Crippen LogP contribution in [-0.4, -0.2) is 107 Å². The third-order valence-corrected chi connectivity index (χ3v) is 16.1. The Morgan fingerprint density at radius 2 is 0.706 bits per heavy atom. The normalized spacial score (nSPS) is 19.7. The first kappa shape index (κ1) is 63.5. The summed E-state index contributed by atoms with van der Waals surface area (Å²) < 4.78 is 84.0. The summed E-state index contributed by atoms with van der Waals surface area (Å²) in [5, 5.41) is 0.500. The van der Waals surface area contributed by atoms with Gasteiger partial charge in [0.05, 0.1) is 44.2 Å². The zero-order valence-corrected chi connectivity index (χ0v) is 50.3. The number of benzene rings is 3. The largest absolute Gasteiger partial charge is 0.494 e. The Balaban J connectivity index is 0.000000314. The molecule has 3 fully saturated rings. The van der Waals surface area contributed by atoms with Crippen molar-refractivity contribution < 1.29 is 69.5 Å². The molecule has 15 nitrogen and oxygen atoms in total. The lowest BCUT2D eigenvalue weighted by molar-refractivity contribution is 0.00578. The molecule has 3 saturated heterocycles. The highest BCUT2D eigenvalue weighted by atomic mass is 79.9. The van der Waals surface area contributed by atoms with Crippen LogP contribution >= 0.6 is 55.0 Å². The fourth-order valence-corrected chi connectivity index (χ4v) is 8.04. The minimum atomic E-state index is -4.20. The van der Waals surface area contributed by atoms with Gasteiger partial charge in [0.15, 0.2) is 0 Å². The lowest BCUT2D eigenvalue weighted by Gasteiger charge is -2.32. The molecule has 68 heavy (non-hydrogen) atoms. The average molecular weight is 1160 g/mol. The quantitative estimate of drug-likeness (QED) is 0.112. The first-order valence-corrected chi connectivity index (χ1v) is 32.6. The van der Waals surface area contributed by atoms with Gasteiger partial charge < -0.3 is 60.3 Å². The van der Waals surface area contributed by atoms with E-state index in [0.29, 0.717) is 5.30 Å². The number of rotatable bonds is 10. The predicted molar refractivity (Wildman–Crippen MR) is 287 cm³/mol. The van der Waals surface area contributed by atoms with Crippen molar-refractivity contribution in [2.45, 2.75) is 136 Å². The molecule has 2 N–H and O–H groups in total. The van der Waals surface area contributed by atoms with Crippen LogP contribution in [0.3, 0.4) is 0 Å². The van der Waals surface area contributed by atoms with Crippen molar-refractivity contribution in [3.05, 3.63) is 77.3 Å². The van der Waals surface area contributed by atoms with Gasteiger partial charge in [-0.25, -0.2) is 0 Å². The molecule has 0 aliphatic carbocycles. The maximum absolute atomic E-state index is 12.3. The van der Waals surface area contributed by atoms with Crippen molar-refractivity contribution in [1.82, 2.24) is 0 Å². The van der Waals surface area contributed by atoms with E-state index >= 15 is 0 Å². The van der Waals surface area contributed by atoms with Crippen LogP contribution in [0, 0.1) is 0 Å². The Morgan fingerprint density at radius 1 is 0.485 bits per heavy atom. The molecule has 0 aromatic heterocycles. The summed E-state index contributed by atoms with van der Waals surface area (Å²) in [4.78, 5) is 18.1. The molecule has 3 aliphatic rings. The number of halogens is 2. The molecule has 24 heteroatoms. The Labute approximate surface area is 426 Å². The van der Waals surface area contributed by atoms with Crippen LogP contribution in [0.5, 0.6) is 0 Å². The molecule has 0 amide bonds. The maximum Gasteiger partial charge on any atom is 0.494 e. The van der Waals surface area contributed by atoms with Crippen LogP contribution in [0.1, 0.15) is 83.1 Å². The fraction of sp³-hybridized carbons (Fsp3) is 0.591. The summed E-state index contributed by atoms with van der Waals surface area (Å²) in [6, 6.07) is 21.2. The van der Waals surface area contributed by atoms with Gasteiger partial charge >= 0.3 is 45.1 Å². The van der Waals surface area contributed by atoms with Gasteiger partial charge in [0, 0.05) is 40.0 Å². The summed E-state index contributed by atoms with van der Waals surface area (Å²) in [6.45, 7) is 30.0. The molecule has 3 heterocycles. The van der Waals surface area contributed by atoms with Crippen molar-refractivity contribution >= 4 is 110 Å². The monoisotopic (exact) mass is 1150 g/mol. The second-order valence-electron chi connectivity index (χ2n) is 19.7. The van der Waals surface area contributed by atoms with E-state index in [9.17, 15) is 9.13 Å². The molecular weight excluding hydrogens is 1080 g/mol. The van der Waals surface area contributed by atoms with E-state index in [1.54, 1.807) is 45.6 Å². The first-order valence-electron chi connectivity index (χ1n) is 21.8. The van der Waals surface area contributed by atoms with Gasteiger partial charge in [0.2, 0.25) is 0 Å². The standard InChI is InChI=1S/C14H22BO5P.C12H16BBrO2.C12H18BO5P.C3H9BrSi.C3H9O3P/c1-13(2)14(3,4)20-15(19-13)11-7-9-12(10-8-11)21(16,17-5)18-6;1-11(2)12(3,4)16-13(15-11)9-5-7-10(14)8-6-9;1-11(2)12(3,4)18-13(17-11)9-5-7-10(8-6-9)19(14,15)16;1-5(2,3)4;1-4-7(5-2)6-3/h7-10H,1-6H3;5-8H,1-4H3;5-8H,1-4H3,(H2,14,15,16);1-3H3;1-3H3. The van der Waals surface area contributed by atoms with E-state index in [2.05, 4.69) is 92.1 Å². The van der Waals surface area contributed by atoms with Crippen molar-refractivity contribution in [1.29, 1.82) is 0 Å². The molecule has 3 aromatic carbocycles. The minimum absolute atomic E-state index is 0.00670. The van der Waals surface area contributed by atoms with Crippen molar-refractivity contribution in [2.75, 3.05) is 35.5 Å². The highest BCUT2D eigenvalue weighted by molar-refractivity contribution is 9.26. The fourth-order valence-electron chi connectivity index (χ4n) is 5.71. The Bertz CT molecular complexity index is 2050. The van der Waals surface area contributed by atoms with Gasteiger partial charge in [-0.15, -0.1) is 15.3 Å². The van der Waals surface area contributed by atoms with Crippen molar-refractivity contribution in [2.24, 2.45) is 0 Å². The van der Waals surface area contributed by atoms with Gasteiger partial charge in [0.25, 0.3) is 0 Å². The van der Waals surface area contributed by atoms with Crippen LogP contribution in [0.15, 0.2) is 77.3 Å². The van der Waals surface area contributed by atoms with E-state index in [1.165, 1.54) is 26.4 Å². The van der Waals surface area contributed by atoms with E-state index in [0.717, 1.165) is 20.9 Å². The molecule has 0 saturated carbocycles. The van der Waals surface area contributed by atoms with E-state index in [-0.39, 0.29) is 34.8 Å². The van der Waals surface area contributed by atoms with Crippen molar-refractivity contribution in [3.63, 3.8) is 0 Å². The summed E-state index contributed by atoms with van der Waals surface area (Å²) in [6.07, 6.45) is 0. The topological polar surface area (TPSA) is 176 Å². The van der Waals surface area contributed by atoms with Crippen LogP contribution in [0.25, 0.3) is 0 Å². The second kappa shape index (κ2) is 25.1. The molecule has 0 radical (unpaired) electrons. The van der Waals surface area contributed by atoms with Gasteiger partial charge in [-0.2, -0.15) is 0 Å². The number of hydrogen-bond acceptors (Lipinski definition) is 13. The SMILES string of the molecule is CC1(C)OB(c2ccc(Br)cc2)OC1(C)C.CC1(C)OB(c2ccc(P(=O)(O)O)cc2)OC1(C)C.COP(=O)(OC)c1ccc(B2OC(C)(C)C(C)(C)O2)cc1.COP(OC)OC.C[Si](C)(C)Br. The molecule has 0 atom stereocenters. The smallest absolute Gasteiger partial charge is 0.399 e. The minimum Gasteiger partial charge on any atom is -0.399 e. The Hall–Kier alpha value is -0.598. The average Bonchev–Trinajstić information content (AvgIpc) is 3.70. The highest BCUT2D eigenvalue weighted by Crippen LogP contribution is 2.45. The Kier molecular flexibility index (Phi) is 23.4. The third-order valence-electron chi connectivity index (χ3n) is 11.8. The van der Waals surface area contributed by atoms with E-state index in [1.807, 2.05) is 91.8 Å². The zero-order chi connectivity index (χ0) is 52.5. The van der Waals surface area contributed by atoms with Gasteiger partial charge in [-0.05, 0) is 136 Å². The van der Waals surface area contributed by atoms with E-state index < -0.39 is 55.9 Å². The number of hydrogen-bond donors (Lipinski definition) is 2. The third kappa shape index (κ3) is 18.1. The molecular formula is C44H74B3Br2O15P3Si. The lowest BCUT2D eigenvalue weighted by atomic mass is 9.79. The summed E-state index contributed by atoms with van der Waals surface area (Å²) in [7, 11) is -2.34. The zero-order valence-electron chi connectivity index (χ0n) is 43.5.